The molecule has 0 amide bonds. The predicted molar refractivity (Wildman–Crippen MR) is 84.1 cm³/mol. The summed E-state index contributed by atoms with van der Waals surface area (Å²) in [5.74, 6) is 0. The molecule has 124 valence electrons. The van der Waals surface area contributed by atoms with Gasteiger partial charge in [0.15, 0.2) is 0 Å². The van der Waals surface area contributed by atoms with E-state index in [-0.39, 0.29) is 12.2 Å². The monoisotopic (exact) mass is 332 g/mol. The van der Waals surface area contributed by atoms with Crippen molar-refractivity contribution in [1.82, 2.24) is 9.78 Å². The third kappa shape index (κ3) is 3.49. The van der Waals surface area contributed by atoms with E-state index in [1.165, 1.54) is 12.1 Å². The fraction of sp³-hybridized carbons (Fsp3) is 0.167. The highest BCUT2D eigenvalue weighted by atomic mass is 19.4. The summed E-state index contributed by atoms with van der Waals surface area (Å²) in [5.41, 5.74) is 1.67. The van der Waals surface area contributed by atoms with Crippen molar-refractivity contribution < 1.29 is 18.3 Å². The van der Waals surface area contributed by atoms with Crippen molar-refractivity contribution in [2.45, 2.75) is 19.3 Å². The maximum atomic E-state index is 13.1. The topological polar surface area (TPSA) is 38.1 Å². The van der Waals surface area contributed by atoms with E-state index in [2.05, 4.69) is 5.10 Å². The fourth-order valence-electron chi connectivity index (χ4n) is 2.53. The second-order valence-corrected chi connectivity index (χ2v) is 5.44. The number of benzene rings is 2. The SMILES string of the molecule is OCc1cnn(Cc2ccc(-c3ccccc3C(F)(F)F)cc2)c1. The van der Waals surface area contributed by atoms with Crippen molar-refractivity contribution >= 4 is 0 Å². The Bertz CT molecular complexity index is 823. The molecule has 3 aromatic rings. The lowest BCUT2D eigenvalue weighted by molar-refractivity contribution is -0.137. The van der Waals surface area contributed by atoms with E-state index < -0.39 is 11.7 Å². The molecule has 2 aromatic carbocycles. The molecule has 1 aromatic heterocycles. The van der Waals surface area contributed by atoms with E-state index >= 15 is 0 Å². The Labute approximate surface area is 137 Å². The lowest BCUT2D eigenvalue weighted by atomic mass is 9.98. The third-order valence-corrected chi connectivity index (χ3v) is 3.71. The first-order valence-corrected chi connectivity index (χ1v) is 7.35. The summed E-state index contributed by atoms with van der Waals surface area (Å²) >= 11 is 0. The van der Waals surface area contributed by atoms with Crippen LogP contribution in [-0.2, 0) is 19.3 Å². The smallest absolute Gasteiger partial charge is 0.392 e. The van der Waals surface area contributed by atoms with Crippen LogP contribution >= 0.6 is 0 Å². The summed E-state index contributed by atoms with van der Waals surface area (Å²) in [7, 11) is 0. The summed E-state index contributed by atoms with van der Waals surface area (Å²) in [4.78, 5) is 0. The zero-order valence-corrected chi connectivity index (χ0v) is 12.7. The molecule has 0 spiro atoms. The first-order chi connectivity index (χ1) is 11.5. The van der Waals surface area contributed by atoms with E-state index in [9.17, 15) is 13.2 Å². The van der Waals surface area contributed by atoms with Crippen molar-refractivity contribution in [3.63, 3.8) is 0 Å². The third-order valence-electron chi connectivity index (χ3n) is 3.71. The van der Waals surface area contributed by atoms with Crippen LogP contribution in [0.3, 0.4) is 0 Å². The van der Waals surface area contributed by atoms with Gasteiger partial charge in [0, 0.05) is 11.8 Å². The molecule has 0 saturated carbocycles. The second-order valence-electron chi connectivity index (χ2n) is 5.44. The largest absolute Gasteiger partial charge is 0.417 e. The minimum atomic E-state index is -4.38. The molecule has 0 bridgehead atoms. The number of hydrogen-bond donors (Lipinski definition) is 1. The number of aliphatic hydroxyl groups excluding tert-OH is 1. The molecule has 0 unspecified atom stereocenters. The summed E-state index contributed by atoms with van der Waals surface area (Å²) in [5, 5.41) is 13.1. The van der Waals surface area contributed by atoms with E-state index in [1.807, 2.05) is 0 Å². The Hall–Kier alpha value is -2.60. The van der Waals surface area contributed by atoms with E-state index in [0.29, 0.717) is 17.7 Å². The van der Waals surface area contributed by atoms with Gasteiger partial charge in [0.05, 0.1) is 24.9 Å². The Morgan fingerprint density at radius 2 is 1.67 bits per heavy atom. The summed E-state index contributed by atoms with van der Waals surface area (Å²) < 4.78 is 41.0. The number of alkyl halides is 3. The molecule has 24 heavy (non-hydrogen) atoms. The molecule has 0 fully saturated rings. The van der Waals surface area contributed by atoms with Gasteiger partial charge in [0.2, 0.25) is 0 Å². The van der Waals surface area contributed by atoms with Crippen LogP contribution in [0.4, 0.5) is 13.2 Å². The van der Waals surface area contributed by atoms with Crippen molar-refractivity contribution in [2.75, 3.05) is 0 Å². The summed E-state index contributed by atoms with van der Waals surface area (Å²) in [6, 6.07) is 12.5. The number of nitrogens with zero attached hydrogens (tertiary/aromatic N) is 2. The average Bonchev–Trinajstić information content (AvgIpc) is 3.02. The number of halogens is 3. The van der Waals surface area contributed by atoms with Gasteiger partial charge in [-0.15, -0.1) is 0 Å². The van der Waals surface area contributed by atoms with E-state index in [1.54, 1.807) is 47.4 Å². The zero-order valence-electron chi connectivity index (χ0n) is 12.7. The molecule has 0 atom stereocenters. The summed E-state index contributed by atoms with van der Waals surface area (Å²) in [6.07, 6.45) is -1.08. The van der Waals surface area contributed by atoms with Crippen LogP contribution in [0.2, 0.25) is 0 Å². The summed E-state index contributed by atoms with van der Waals surface area (Å²) in [6.45, 7) is 0.411. The van der Waals surface area contributed by atoms with Crippen molar-refractivity contribution in [2.24, 2.45) is 0 Å². The minimum Gasteiger partial charge on any atom is -0.392 e. The minimum absolute atomic E-state index is 0.0762. The van der Waals surface area contributed by atoms with Gasteiger partial charge in [0.1, 0.15) is 0 Å². The molecule has 6 heteroatoms. The van der Waals surface area contributed by atoms with Crippen molar-refractivity contribution in [3.8, 4) is 11.1 Å². The molecule has 0 aliphatic rings. The van der Waals surface area contributed by atoms with Crippen LogP contribution in [0, 0.1) is 0 Å². The molecule has 3 rings (SSSR count). The molecule has 1 heterocycles. The molecule has 0 aliphatic heterocycles. The molecular formula is C18H15F3N2O. The van der Waals surface area contributed by atoms with Gasteiger partial charge in [-0.3, -0.25) is 4.68 Å². The van der Waals surface area contributed by atoms with Gasteiger partial charge < -0.3 is 5.11 Å². The van der Waals surface area contributed by atoms with Gasteiger partial charge >= 0.3 is 6.18 Å². The molecule has 0 aliphatic carbocycles. The standard InChI is InChI=1S/C18H15F3N2O/c19-18(20,21)17-4-2-1-3-16(17)15-7-5-13(6-8-15)10-23-11-14(12-24)9-22-23/h1-9,11,24H,10,12H2. The van der Waals surface area contributed by atoms with Crippen LogP contribution in [0.25, 0.3) is 11.1 Å². The Morgan fingerprint density at radius 3 is 2.29 bits per heavy atom. The zero-order chi connectivity index (χ0) is 17.2. The number of aromatic nitrogens is 2. The van der Waals surface area contributed by atoms with Crippen molar-refractivity contribution in [1.29, 1.82) is 0 Å². The molecular weight excluding hydrogens is 317 g/mol. The highest BCUT2D eigenvalue weighted by Gasteiger charge is 2.33. The molecule has 0 saturated heterocycles. The van der Waals surface area contributed by atoms with Crippen LogP contribution in [0.15, 0.2) is 60.9 Å². The quantitative estimate of drug-likeness (QED) is 0.781. The van der Waals surface area contributed by atoms with Gasteiger partial charge in [-0.1, -0.05) is 42.5 Å². The molecule has 0 radical (unpaired) electrons. The maximum absolute atomic E-state index is 13.1. The fourth-order valence-corrected chi connectivity index (χ4v) is 2.53. The van der Waals surface area contributed by atoms with Gasteiger partial charge in [-0.25, -0.2) is 0 Å². The van der Waals surface area contributed by atoms with Crippen molar-refractivity contribution in [3.05, 3.63) is 77.6 Å². The Morgan fingerprint density at radius 1 is 0.958 bits per heavy atom. The number of aliphatic hydroxyl groups is 1. The maximum Gasteiger partial charge on any atom is 0.417 e. The first kappa shape index (κ1) is 16.3. The second kappa shape index (κ2) is 6.49. The van der Waals surface area contributed by atoms with Crippen LogP contribution in [0.1, 0.15) is 16.7 Å². The highest BCUT2D eigenvalue weighted by molar-refractivity contribution is 5.68. The van der Waals surface area contributed by atoms with Crippen LogP contribution < -0.4 is 0 Å². The number of rotatable bonds is 4. The van der Waals surface area contributed by atoms with Gasteiger partial charge in [-0.2, -0.15) is 18.3 Å². The van der Waals surface area contributed by atoms with E-state index in [4.69, 9.17) is 5.11 Å². The Balaban J connectivity index is 1.85. The first-order valence-electron chi connectivity index (χ1n) is 7.35. The van der Waals surface area contributed by atoms with Crippen LogP contribution in [-0.4, -0.2) is 14.9 Å². The lowest BCUT2D eigenvalue weighted by Gasteiger charge is -2.13. The predicted octanol–water partition coefficient (Wildman–Crippen LogP) is 4.11. The molecule has 1 N–H and O–H groups in total. The van der Waals surface area contributed by atoms with Gasteiger partial charge in [-0.05, 0) is 22.8 Å². The lowest BCUT2D eigenvalue weighted by Crippen LogP contribution is -2.06. The number of hydrogen-bond acceptors (Lipinski definition) is 2. The molecule has 3 nitrogen and oxygen atoms in total. The van der Waals surface area contributed by atoms with Crippen LogP contribution in [0.5, 0.6) is 0 Å². The average molecular weight is 332 g/mol. The normalized spacial score (nSPS) is 11.7. The van der Waals surface area contributed by atoms with Gasteiger partial charge in [0.25, 0.3) is 0 Å². The van der Waals surface area contributed by atoms with E-state index in [0.717, 1.165) is 11.6 Å². The highest BCUT2D eigenvalue weighted by Crippen LogP contribution is 2.36. The Kier molecular flexibility index (Phi) is 4.40.